The van der Waals surface area contributed by atoms with E-state index in [1.54, 1.807) is 73.8 Å². The van der Waals surface area contributed by atoms with Gasteiger partial charge in [0.25, 0.3) is 11.7 Å². The predicted octanol–water partition coefficient (Wildman–Crippen LogP) is 6.39. The minimum atomic E-state index is -0.862. The first kappa shape index (κ1) is 27.8. The van der Waals surface area contributed by atoms with Crippen LogP contribution in [0.4, 0.5) is 5.69 Å². The molecular formula is C32H35NO6. The summed E-state index contributed by atoms with van der Waals surface area (Å²) in [4.78, 5) is 28.3. The van der Waals surface area contributed by atoms with Gasteiger partial charge in [-0.3, -0.25) is 14.5 Å². The van der Waals surface area contributed by atoms with Crippen LogP contribution in [-0.4, -0.2) is 37.1 Å². The Balaban J connectivity index is 1.77. The van der Waals surface area contributed by atoms with Crippen molar-refractivity contribution in [2.45, 2.75) is 33.7 Å². The van der Waals surface area contributed by atoms with E-state index in [0.29, 0.717) is 59.1 Å². The van der Waals surface area contributed by atoms with Crippen molar-refractivity contribution in [1.29, 1.82) is 0 Å². The third-order valence-electron chi connectivity index (χ3n) is 6.26. The molecule has 1 aliphatic rings. The van der Waals surface area contributed by atoms with Gasteiger partial charge in [0.15, 0.2) is 0 Å². The third-order valence-corrected chi connectivity index (χ3v) is 6.26. The number of aliphatic hydroxyl groups is 1. The fourth-order valence-corrected chi connectivity index (χ4v) is 4.32. The van der Waals surface area contributed by atoms with Crippen LogP contribution < -0.4 is 19.1 Å². The maximum Gasteiger partial charge on any atom is 0.300 e. The van der Waals surface area contributed by atoms with Crippen molar-refractivity contribution in [3.8, 4) is 17.2 Å². The molecule has 0 aliphatic carbocycles. The third kappa shape index (κ3) is 6.25. The Morgan fingerprint density at radius 3 is 1.92 bits per heavy atom. The van der Waals surface area contributed by atoms with Gasteiger partial charge in [0.05, 0.1) is 31.9 Å². The number of ketones is 1. The summed E-state index contributed by atoms with van der Waals surface area (Å²) in [6.07, 6.45) is 0. The van der Waals surface area contributed by atoms with Gasteiger partial charge < -0.3 is 19.3 Å². The molecule has 1 saturated heterocycles. The van der Waals surface area contributed by atoms with Gasteiger partial charge in [-0.1, -0.05) is 39.8 Å². The van der Waals surface area contributed by atoms with E-state index >= 15 is 0 Å². The topological polar surface area (TPSA) is 85.3 Å². The second kappa shape index (κ2) is 12.1. The summed E-state index contributed by atoms with van der Waals surface area (Å²) >= 11 is 0. The van der Waals surface area contributed by atoms with Crippen LogP contribution in [0.25, 0.3) is 5.76 Å². The fourth-order valence-electron chi connectivity index (χ4n) is 4.32. The monoisotopic (exact) mass is 529 g/mol. The summed E-state index contributed by atoms with van der Waals surface area (Å²) in [6.45, 7) is 9.37. The molecule has 0 radical (unpaired) electrons. The van der Waals surface area contributed by atoms with Crippen molar-refractivity contribution in [2.24, 2.45) is 11.8 Å². The quantitative estimate of drug-likeness (QED) is 0.186. The number of methoxy groups -OCH3 is 1. The van der Waals surface area contributed by atoms with Crippen molar-refractivity contribution >= 4 is 23.1 Å². The first-order chi connectivity index (χ1) is 18.7. The number of nitrogens with zero attached hydrogens (tertiary/aromatic N) is 1. The highest BCUT2D eigenvalue weighted by molar-refractivity contribution is 6.51. The van der Waals surface area contributed by atoms with Gasteiger partial charge in [0.1, 0.15) is 23.0 Å². The van der Waals surface area contributed by atoms with Crippen LogP contribution >= 0.6 is 0 Å². The van der Waals surface area contributed by atoms with Gasteiger partial charge in [-0.2, -0.15) is 0 Å². The average molecular weight is 530 g/mol. The first-order valence-electron chi connectivity index (χ1n) is 13.1. The van der Waals surface area contributed by atoms with E-state index in [-0.39, 0.29) is 11.3 Å². The number of rotatable bonds is 10. The van der Waals surface area contributed by atoms with E-state index in [4.69, 9.17) is 14.2 Å². The van der Waals surface area contributed by atoms with E-state index in [1.165, 1.54) is 4.90 Å². The molecule has 204 valence electrons. The smallest absolute Gasteiger partial charge is 0.300 e. The number of carbonyl (C=O) groups excluding carboxylic acids is 2. The standard InChI is InChI=1S/C32H35NO6/c1-20(2)18-38-25-13-9-22(10-14-25)30(34)28-29(23-7-6-8-27(17-23)37-5)33(32(36)31(28)35)24-11-15-26(16-12-24)39-19-21(3)4/h6-17,20-21,29,34H,18-19H2,1-5H3/b30-28-. The van der Waals surface area contributed by atoms with Crippen LogP contribution in [0.5, 0.6) is 17.2 Å². The zero-order chi connectivity index (χ0) is 28.1. The molecule has 1 N–H and O–H groups in total. The molecule has 4 rings (SSSR count). The van der Waals surface area contributed by atoms with Gasteiger partial charge in [-0.15, -0.1) is 0 Å². The van der Waals surface area contributed by atoms with Crippen molar-refractivity contribution < 1.29 is 28.9 Å². The van der Waals surface area contributed by atoms with Crippen LogP contribution in [0, 0.1) is 11.8 Å². The second-order valence-electron chi connectivity index (χ2n) is 10.4. The number of anilines is 1. The molecule has 7 heteroatoms. The molecule has 1 heterocycles. The Bertz CT molecular complexity index is 1340. The van der Waals surface area contributed by atoms with Crippen LogP contribution in [0.15, 0.2) is 78.4 Å². The summed E-state index contributed by atoms with van der Waals surface area (Å²) in [5, 5.41) is 11.4. The van der Waals surface area contributed by atoms with Gasteiger partial charge in [-0.25, -0.2) is 0 Å². The molecule has 1 atom stereocenters. The predicted molar refractivity (Wildman–Crippen MR) is 151 cm³/mol. The van der Waals surface area contributed by atoms with E-state index in [0.717, 1.165) is 0 Å². The SMILES string of the molecule is COc1cccc(C2/C(=C(/O)c3ccc(OCC(C)C)cc3)C(=O)C(=O)N2c2ccc(OCC(C)C)cc2)c1. The summed E-state index contributed by atoms with van der Waals surface area (Å²) in [6, 6.07) is 20.2. The molecule has 3 aromatic carbocycles. The molecular weight excluding hydrogens is 494 g/mol. The van der Waals surface area contributed by atoms with Crippen LogP contribution in [0.3, 0.4) is 0 Å². The molecule has 1 unspecified atom stereocenters. The molecule has 0 bridgehead atoms. The molecule has 1 amide bonds. The number of aliphatic hydroxyl groups excluding tert-OH is 1. The number of Topliss-reactive ketones (excluding diaryl/α,β-unsaturated/α-hetero) is 1. The highest BCUT2D eigenvalue weighted by atomic mass is 16.5. The second-order valence-corrected chi connectivity index (χ2v) is 10.4. The van der Waals surface area contributed by atoms with E-state index < -0.39 is 17.7 Å². The highest BCUT2D eigenvalue weighted by Gasteiger charge is 2.47. The maximum atomic E-state index is 13.4. The van der Waals surface area contributed by atoms with Gasteiger partial charge in [0, 0.05) is 11.3 Å². The highest BCUT2D eigenvalue weighted by Crippen LogP contribution is 2.43. The largest absolute Gasteiger partial charge is 0.507 e. The lowest BCUT2D eigenvalue weighted by atomic mass is 9.95. The summed E-state index contributed by atoms with van der Waals surface area (Å²) in [5.41, 5.74) is 1.56. The zero-order valence-electron chi connectivity index (χ0n) is 23.0. The molecule has 3 aromatic rings. The molecule has 7 nitrogen and oxygen atoms in total. The molecule has 0 aromatic heterocycles. The Labute approximate surface area is 229 Å². The Morgan fingerprint density at radius 2 is 1.38 bits per heavy atom. The Hall–Kier alpha value is -4.26. The number of hydrogen-bond donors (Lipinski definition) is 1. The summed E-state index contributed by atoms with van der Waals surface area (Å²) < 4.78 is 16.9. The van der Waals surface area contributed by atoms with Crippen LogP contribution in [0.2, 0.25) is 0 Å². The fraction of sp³-hybridized carbons (Fsp3) is 0.312. The number of hydrogen-bond acceptors (Lipinski definition) is 6. The van der Waals surface area contributed by atoms with Crippen molar-refractivity contribution in [3.63, 3.8) is 0 Å². The first-order valence-corrected chi connectivity index (χ1v) is 13.1. The summed E-state index contributed by atoms with van der Waals surface area (Å²) in [7, 11) is 1.55. The Kier molecular flexibility index (Phi) is 8.59. The van der Waals surface area contributed by atoms with Crippen molar-refractivity contribution in [2.75, 3.05) is 25.2 Å². The average Bonchev–Trinajstić information content (AvgIpc) is 3.21. The molecule has 1 aliphatic heterocycles. The van der Waals surface area contributed by atoms with Crippen LogP contribution in [-0.2, 0) is 9.59 Å². The van der Waals surface area contributed by atoms with E-state index in [2.05, 4.69) is 27.7 Å². The number of amides is 1. The lowest BCUT2D eigenvalue weighted by molar-refractivity contribution is -0.132. The number of carbonyl (C=O) groups is 2. The molecule has 0 saturated carbocycles. The lowest BCUT2D eigenvalue weighted by Gasteiger charge is -2.26. The van der Waals surface area contributed by atoms with E-state index in [1.807, 2.05) is 6.07 Å². The Morgan fingerprint density at radius 1 is 0.821 bits per heavy atom. The molecule has 0 spiro atoms. The summed E-state index contributed by atoms with van der Waals surface area (Å²) in [5.74, 6) is 0.890. The van der Waals surface area contributed by atoms with E-state index in [9.17, 15) is 14.7 Å². The zero-order valence-corrected chi connectivity index (χ0v) is 23.0. The molecule has 39 heavy (non-hydrogen) atoms. The number of ether oxygens (including phenoxy) is 3. The molecule has 1 fully saturated rings. The maximum absolute atomic E-state index is 13.4. The minimum Gasteiger partial charge on any atom is -0.507 e. The van der Waals surface area contributed by atoms with Crippen LogP contribution in [0.1, 0.15) is 44.9 Å². The van der Waals surface area contributed by atoms with Crippen molar-refractivity contribution in [3.05, 3.63) is 89.5 Å². The lowest BCUT2D eigenvalue weighted by Crippen LogP contribution is -2.29. The number of benzene rings is 3. The van der Waals surface area contributed by atoms with Crippen molar-refractivity contribution in [1.82, 2.24) is 0 Å². The van der Waals surface area contributed by atoms with Gasteiger partial charge in [0.2, 0.25) is 0 Å². The minimum absolute atomic E-state index is 0.00392. The van der Waals surface area contributed by atoms with Gasteiger partial charge in [-0.05, 0) is 78.1 Å². The normalized spacial score (nSPS) is 16.7. The van der Waals surface area contributed by atoms with Gasteiger partial charge >= 0.3 is 0 Å².